The zero-order valence-corrected chi connectivity index (χ0v) is 19.2. The summed E-state index contributed by atoms with van der Waals surface area (Å²) in [5, 5.41) is 3.12. The maximum Gasteiger partial charge on any atom is 0.256 e. The number of carbonyl (C=O) groups excluding carboxylic acids is 2. The van der Waals surface area contributed by atoms with Gasteiger partial charge in [-0.25, -0.2) is 4.39 Å². The van der Waals surface area contributed by atoms with Crippen LogP contribution in [0.5, 0.6) is 5.75 Å². The fraction of sp³-hybridized carbons (Fsp3) is 0.481. The van der Waals surface area contributed by atoms with E-state index in [0.717, 1.165) is 44.3 Å². The number of nitrogens with one attached hydrogen (secondary N) is 1. The molecule has 2 aromatic rings. The Bertz CT molecular complexity index is 969. The van der Waals surface area contributed by atoms with Crippen LogP contribution in [0.1, 0.15) is 60.9 Å². The minimum Gasteiger partial charge on any atom is -0.493 e. The summed E-state index contributed by atoms with van der Waals surface area (Å²) in [4.78, 5) is 27.8. The van der Waals surface area contributed by atoms with Crippen LogP contribution in [0.25, 0.3) is 0 Å². The number of nitrogens with zero attached hydrogens (tertiary/aromatic N) is 1. The van der Waals surface area contributed by atoms with Gasteiger partial charge in [0, 0.05) is 19.6 Å². The predicted octanol–water partition coefficient (Wildman–Crippen LogP) is 4.75. The van der Waals surface area contributed by atoms with E-state index >= 15 is 0 Å². The highest BCUT2D eigenvalue weighted by Gasteiger charge is 2.41. The van der Waals surface area contributed by atoms with Crippen molar-refractivity contribution in [2.24, 2.45) is 5.41 Å². The van der Waals surface area contributed by atoms with Crippen molar-refractivity contribution in [3.8, 4) is 5.75 Å². The number of halogens is 1. The van der Waals surface area contributed by atoms with Crippen molar-refractivity contribution >= 4 is 11.8 Å². The zero-order chi connectivity index (χ0) is 23.1. The molecular formula is C27H33FN2O3. The fourth-order valence-electron chi connectivity index (χ4n) is 4.98. The third-order valence-corrected chi connectivity index (χ3v) is 7.03. The first-order valence-corrected chi connectivity index (χ1v) is 12.1. The van der Waals surface area contributed by atoms with E-state index in [1.54, 1.807) is 17.0 Å². The number of piperidine rings is 1. The highest BCUT2D eigenvalue weighted by atomic mass is 19.1. The molecule has 0 aliphatic carbocycles. The summed E-state index contributed by atoms with van der Waals surface area (Å²) < 4.78 is 20.1. The molecule has 0 unspecified atom stereocenters. The molecule has 0 radical (unpaired) electrons. The van der Waals surface area contributed by atoms with Crippen molar-refractivity contribution in [2.75, 3.05) is 26.2 Å². The predicted molar refractivity (Wildman–Crippen MR) is 126 cm³/mol. The van der Waals surface area contributed by atoms with Gasteiger partial charge in [-0.15, -0.1) is 0 Å². The average molecular weight is 453 g/mol. The lowest BCUT2D eigenvalue weighted by molar-refractivity contribution is -0.134. The van der Waals surface area contributed by atoms with Crippen LogP contribution >= 0.6 is 0 Å². The number of rotatable bonds is 1. The highest BCUT2D eigenvalue weighted by Crippen LogP contribution is 2.38. The minimum atomic E-state index is -0.498. The molecule has 2 aromatic carbocycles. The highest BCUT2D eigenvalue weighted by molar-refractivity contribution is 5.94. The Balaban J connectivity index is 1.40. The number of hydrogen-bond donors (Lipinski definition) is 1. The van der Waals surface area contributed by atoms with Crippen LogP contribution in [-0.2, 0) is 11.2 Å². The van der Waals surface area contributed by atoms with E-state index in [-0.39, 0.29) is 17.4 Å². The second-order valence-corrected chi connectivity index (χ2v) is 9.18. The van der Waals surface area contributed by atoms with Gasteiger partial charge in [-0.2, -0.15) is 0 Å². The standard InChI is InChI=1S/C27H33FN2O3/c28-23-12-5-4-11-22(23)25(31)30-18-15-27(16-19-30)14-7-1-2-9-21-10-3-6-13-24(21)33-20-8-17-29-26(27)32/h3-6,10-13H,1-2,7-9,14-20H2,(H,29,32). The number of hydrogen-bond acceptors (Lipinski definition) is 3. The molecule has 0 bridgehead atoms. The van der Waals surface area contributed by atoms with E-state index in [0.29, 0.717) is 39.1 Å². The second kappa shape index (κ2) is 10.8. The molecule has 1 fully saturated rings. The Morgan fingerprint density at radius 3 is 2.52 bits per heavy atom. The first kappa shape index (κ1) is 23.3. The van der Waals surface area contributed by atoms with Crippen LogP contribution in [0.2, 0.25) is 0 Å². The van der Waals surface area contributed by atoms with Gasteiger partial charge in [0.2, 0.25) is 5.91 Å². The molecule has 0 saturated carbocycles. The van der Waals surface area contributed by atoms with Gasteiger partial charge in [0.05, 0.1) is 17.6 Å². The van der Waals surface area contributed by atoms with Crippen LogP contribution in [-0.4, -0.2) is 43.0 Å². The molecule has 6 heteroatoms. The maximum absolute atomic E-state index is 14.1. The zero-order valence-electron chi connectivity index (χ0n) is 19.2. The molecule has 1 N–H and O–H groups in total. The smallest absolute Gasteiger partial charge is 0.256 e. The van der Waals surface area contributed by atoms with Crippen molar-refractivity contribution in [1.29, 1.82) is 0 Å². The summed E-state index contributed by atoms with van der Waals surface area (Å²) in [6, 6.07) is 14.3. The Hall–Kier alpha value is -2.89. The van der Waals surface area contributed by atoms with Gasteiger partial charge in [-0.05, 0) is 62.3 Å². The van der Waals surface area contributed by atoms with Gasteiger partial charge in [0.25, 0.3) is 5.91 Å². The molecule has 2 heterocycles. The summed E-state index contributed by atoms with van der Waals surface area (Å²) in [5.74, 6) is 0.240. The van der Waals surface area contributed by atoms with E-state index in [2.05, 4.69) is 17.4 Å². The number of para-hydroxylation sites is 1. The lowest BCUT2D eigenvalue weighted by atomic mass is 9.73. The molecule has 0 atom stereocenters. The first-order valence-electron chi connectivity index (χ1n) is 12.1. The van der Waals surface area contributed by atoms with Gasteiger partial charge in [0.1, 0.15) is 11.6 Å². The number of amides is 2. The monoisotopic (exact) mass is 452 g/mol. The van der Waals surface area contributed by atoms with Crippen LogP contribution in [0.15, 0.2) is 48.5 Å². The fourth-order valence-corrected chi connectivity index (χ4v) is 4.98. The number of benzene rings is 2. The quantitative estimate of drug-likeness (QED) is 0.679. The van der Waals surface area contributed by atoms with Crippen molar-refractivity contribution < 1.29 is 18.7 Å². The largest absolute Gasteiger partial charge is 0.493 e. The van der Waals surface area contributed by atoms with Crippen LogP contribution in [0.3, 0.4) is 0 Å². The molecule has 2 amide bonds. The molecule has 2 aliphatic heterocycles. The average Bonchev–Trinajstić information content (AvgIpc) is 2.84. The summed E-state index contributed by atoms with van der Waals surface area (Å²) in [6.45, 7) is 2.07. The minimum absolute atomic E-state index is 0.0814. The lowest BCUT2D eigenvalue weighted by Gasteiger charge is -2.41. The van der Waals surface area contributed by atoms with Crippen molar-refractivity contribution in [2.45, 2.75) is 51.4 Å². The Kier molecular flexibility index (Phi) is 7.63. The Morgan fingerprint density at radius 2 is 1.70 bits per heavy atom. The summed E-state index contributed by atoms with van der Waals surface area (Å²) in [7, 11) is 0. The van der Waals surface area contributed by atoms with Gasteiger partial charge < -0.3 is 15.0 Å². The van der Waals surface area contributed by atoms with Gasteiger partial charge in [-0.1, -0.05) is 43.2 Å². The molecule has 1 spiro atoms. The summed E-state index contributed by atoms with van der Waals surface area (Å²) in [5.41, 5.74) is 0.881. The van der Waals surface area contributed by atoms with Crippen molar-refractivity contribution in [3.05, 3.63) is 65.5 Å². The van der Waals surface area contributed by atoms with Crippen LogP contribution in [0, 0.1) is 11.2 Å². The molecule has 1 saturated heterocycles. The second-order valence-electron chi connectivity index (χ2n) is 9.18. The van der Waals surface area contributed by atoms with Crippen LogP contribution < -0.4 is 10.1 Å². The van der Waals surface area contributed by atoms with Gasteiger partial charge >= 0.3 is 0 Å². The molecule has 2 aliphatic rings. The van der Waals surface area contributed by atoms with E-state index < -0.39 is 11.2 Å². The number of likely N-dealkylation sites (tertiary alicyclic amines) is 1. The molecule has 5 nitrogen and oxygen atoms in total. The van der Waals surface area contributed by atoms with E-state index in [9.17, 15) is 14.0 Å². The number of ether oxygens (including phenoxy) is 1. The molecule has 0 aromatic heterocycles. The first-order chi connectivity index (χ1) is 16.1. The molecule has 33 heavy (non-hydrogen) atoms. The Morgan fingerprint density at radius 1 is 0.939 bits per heavy atom. The van der Waals surface area contributed by atoms with E-state index in [1.165, 1.54) is 17.7 Å². The Labute approximate surface area is 195 Å². The summed E-state index contributed by atoms with van der Waals surface area (Å²) >= 11 is 0. The normalized spacial score (nSPS) is 19.7. The SMILES string of the molecule is O=C(c1ccccc1F)N1CCC2(CCCCCc3ccccc3OCCCNC2=O)CC1. The third-order valence-electron chi connectivity index (χ3n) is 7.03. The number of carbonyl (C=O) groups is 2. The van der Waals surface area contributed by atoms with Gasteiger partial charge in [-0.3, -0.25) is 9.59 Å². The van der Waals surface area contributed by atoms with E-state index in [1.807, 2.05) is 12.1 Å². The van der Waals surface area contributed by atoms with Crippen LogP contribution in [0.4, 0.5) is 4.39 Å². The van der Waals surface area contributed by atoms with Gasteiger partial charge in [0.15, 0.2) is 0 Å². The van der Waals surface area contributed by atoms with Crippen molar-refractivity contribution in [1.82, 2.24) is 10.2 Å². The molecular weight excluding hydrogens is 419 g/mol. The lowest BCUT2D eigenvalue weighted by Crippen LogP contribution is -2.50. The molecule has 4 rings (SSSR count). The number of aryl methyl sites for hydroxylation is 1. The summed E-state index contributed by atoms with van der Waals surface area (Å²) in [6.07, 6.45) is 6.82. The molecule has 176 valence electrons. The van der Waals surface area contributed by atoms with Crippen molar-refractivity contribution in [3.63, 3.8) is 0 Å². The topological polar surface area (TPSA) is 58.6 Å². The number of fused-ring (bicyclic) bond motifs is 1. The maximum atomic E-state index is 14.1. The van der Waals surface area contributed by atoms with E-state index in [4.69, 9.17) is 4.74 Å². The third kappa shape index (κ3) is 5.55.